The Morgan fingerprint density at radius 2 is 1.94 bits per heavy atom. The number of ether oxygens (including phenoxy) is 1. The zero-order valence-electron chi connectivity index (χ0n) is 18.1. The van der Waals surface area contributed by atoms with Crippen molar-refractivity contribution in [2.45, 2.75) is 35.6 Å². The fraction of sp³-hybridized carbons (Fsp3) is 0.261. The smallest absolute Gasteiger partial charge is 0.208 e. The van der Waals surface area contributed by atoms with Crippen LogP contribution in [0.3, 0.4) is 0 Å². The number of hydrogen-bond acceptors (Lipinski definition) is 10. The summed E-state index contributed by atoms with van der Waals surface area (Å²) in [5.74, 6) is 3.33. The number of piperidine rings is 1. The molecule has 5 heterocycles. The van der Waals surface area contributed by atoms with E-state index in [1.54, 1.807) is 18.6 Å². The zero-order chi connectivity index (χ0) is 22.5. The molecule has 33 heavy (non-hydrogen) atoms. The van der Waals surface area contributed by atoms with Gasteiger partial charge in [0.05, 0.1) is 10.6 Å². The van der Waals surface area contributed by atoms with E-state index in [0.717, 1.165) is 52.5 Å². The molecule has 4 aromatic heterocycles. The molecule has 0 unspecified atom stereocenters. The molecule has 0 bridgehead atoms. The Morgan fingerprint density at radius 1 is 1.06 bits per heavy atom. The Kier molecular flexibility index (Phi) is 6.75. The summed E-state index contributed by atoms with van der Waals surface area (Å²) in [6.45, 7) is 3.95. The largest absolute Gasteiger partial charge is 0.454 e. The quantitative estimate of drug-likeness (QED) is 0.373. The van der Waals surface area contributed by atoms with E-state index in [1.165, 1.54) is 23.3 Å². The SMILES string of the molecule is Cc1ncccc1Oc1cc(Nc2nc(C3CCNCC3)ns2)ncc1Sc1ccccn1. The van der Waals surface area contributed by atoms with Crippen molar-refractivity contribution in [1.29, 1.82) is 0 Å². The van der Waals surface area contributed by atoms with Crippen LogP contribution in [0.4, 0.5) is 10.9 Å². The second-order valence-electron chi connectivity index (χ2n) is 7.58. The van der Waals surface area contributed by atoms with Crippen molar-refractivity contribution in [1.82, 2.24) is 29.6 Å². The second kappa shape index (κ2) is 10.2. The van der Waals surface area contributed by atoms with Gasteiger partial charge in [0, 0.05) is 42.1 Å². The summed E-state index contributed by atoms with van der Waals surface area (Å²) < 4.78 is 10.8. The Balaban J connectivity index is 1.40. The maximum Gasteiger partial charge on any atom is 0.208 e. The Labute approximate surface area is 200 Å². The van der Waals surface area contributed by atoms with E-state index in [9.17, 15) is 0 Å². The molecule has 1 aliphatic rings. The Hall–Kier alpha value is -3.08. The summed E-state index contributed by atoms with van der Waals surface area (Å²) in [5, 5.41) is 8.27. The maximum absolute atomic E-state index is 6.26. The van der Waals surface area contributed by atoms with Gasteiger partial charge in [0.2, 0.25) is 5.13 Å². The zero-order valence-corrected chi connectivity index (χ0v) is 19.7. The van der Waals surface area contributed by atoms with Crippen molar-refractivity contribution in [3.8, 4) is 11.5 Å². The lowest BCUT2D eigenvalue weighted by molar-refractivity contribution is 0.448. The average Bonchev–Trinajstić information content (AvgIpc) is 3.32. The highest BCUT2D eigenvalue weighted by molar-refractivity contribution is 7.99. The third-order valence-electron chi connectivity index (χ3n) is 5.24. The van der Waals surface area contributed by atoms with Crippen LogP contribution < -0.4 is 15.4 Å². The minimum Gasteiger partial charge on any atom is -0.454 e. The van der Waals surface area contributed by atoms with Crippen LogP contribution >= 0.6 is 23.3 Å². The molecule has 0 aliphatic carbocycles. The highest BCUT2D eigenvalue weighted by Crippen LogP contribution is 2.38. The summed E-state index contributed by atoms with van der Waals surface area (Å²) in [6.07, 6.45) is 7.44. The number of pyridine rings is 3. The molecule has 0 saturated carbocycles. The molecule has 2 N–H and O–H groups in total. The molecule has 10 heteroatoms. The Morgan fingerprint density at radius 3 is 2.76 bits per heavy atom. The highest BCUT2D eigenvalue weighted by Gasteiger charge is 2.20. The number of rotatable bonds is 7. The Bertz CT molecular complexity index is 1210. The van der Waals surface area contributed by atoms with Crippen LogP contribution in [0, 0.1) is 6.92 Å². The van der Waals surface area contributed by atoms with Gasteiger partial charge in [-0.15, -0.1) is 0 Å². The highest BCUT2D eigenvalue weighted by atomic mass is 32.2. The average molecular weight is 478 g/mol. The van der Waals surface area contributed by atoms with E-state index in [4.69, 9.17) is 9.72 Å². The fourth-order valence-electron chi connectivity index (χ4n) is 3.51. The molecule has 4 aromatic rings. The van der Waals surface area contributed by atoms with E-state index < -0.39 is 0 Å². The first-order valence-corrected chi connectivity index (χ1v) is 12.3. The molecule has 1 aliphatic heterocycles. The molecule has 0 amide bonds. The molecule has 0 spiro atoms. The van der Waals surface area contributed by atoms with E-state index in [2.05, 4.69) is 30.0 Å². The van der Waals surface area contributed by atoms with E-state index in [1.807, 2.05) is 43.3 Å². The van der Waals surface area contributed by atoms with Crippen LogP contribution in [-0.2, 0) is 0 Å². The van der Waals surface area contributed by atoms with Crippen molar-refractivity contribution in [2.75, 3.05) is 18.4 Å². The lowest BCUT2D eigenvalue weighted by atomic mass is 9.98. The first kappa shape index (κ1) is 21.7. The number of aromatic nitrogens is 5. The van der Waals surface area contributed by atoms with E-state index >= 15 is 0 Å². The minimum absolute atomic E-state index is 0.413. The summed E-state index contributed by atoms with van der Waals surface area (Å²) in [4.78, 5) is 18.9. The first-order valence-electron chi connectivity index (χ1n) is 10.7. The summed E-state index contributed by atoms with van der Waals surface area (Å²) in [5.41, 5.74) is 0.813. The number of aryl methyl sites for hydroxylation is 1. The van der Waals surface area contributed by atoms with Gasteiger partial charge in [0.1, 0.15) is 28.2 Å². The van der Waals surface area contributed by atoms with Gasteiger partial charge in [-0.1, -0.05) is 17.8 Å². The fourth-order valence-corrected chi connectivity index (χ4v) is 4.95. The molecular formula is C23H23N7OS2. The van der Waals surface area contributed by atoms with Crippen molar-refractivity contribution in [3.63, 3.8) is 0 Å². The standard InChI is InChI=1S/C23H23N7OS2/c1-15-17(5-4-10-25-15)31-18-13-20(27-14-19(18)32-21-6-2-3-9-26-21)28-23-29-22(30-33-23)16-7-11-24-12-8-16/h2-6,9-10,13-14,16,24H,7-8,11-12H2,1H3,(H,27,28,29,30). The predicted octanol–water partition coefficient (Wildman–Crippen LogP) is 5.19. The lowest BCUT2D eigenvalue weighted by Gasteiger charge is -2.19. The number of nitrogens with zero attached hydrogens (tertiary/aromatic N) is 5. The van der Waals surface area contributed by atoms with Gasteiger partial charge in [0.25, 0.3) is 0 Å². The number of hydrogen-bond donors (Lipinski definition) is 2. The molecular weight excluding hydrogens is 454 g/mol. The van der Waals surface area contributed by atoms with Crippen molar-refractivity contribution in [3.05, 3.63) is 66.5 Å². The minimum atomic E-state index is 0.413. The number of nitrogens with one attached hydrogen (secondary N) is 2. The van der Waals surface area contributed by atoms with Crippen molar-refractivity contribution >= 4 is 34.2 Å². The van der Waals surface area contributed by atoms with Crippen LogP contribution in [0.25, 0.3) is 0 Å². The molecule has 0 aromatic carbocycles. The van der Waals surface area contributed by atoms with E-state index in [-0.39, 0.29) is 0 Å². The summed E-state index contributed by atoms with van der Waals surface area (Å²) in [7, 11) is 0. The summed E-state index contributed by atoms with van der Waals surface area (Å²) in [6, 6.07) is 11.5. The normalized spacial score (nSPS) is 14.2. The van der Waals surface area contributed by atoms with Gasteiger partial charge in [-0.05, 0) is 57.1 Å². The molecule has 1 saturated heterocycles. The first-order chi connectivity index (χ1) is 16.2. The molecule has 168 valence electrons. The third kappa shape index (κ3) is 5.47. The maximum atomic E-state index is 6.26. The monoisotopic (exact) mass is 477 g/mol. The topological polar surface area (TPSA) is 97.7 Å². The van der Waals surface area contributed by atoms with Crippen LogP contribution in [0.1, 0.15) is 30.3 Å². The van der Waals surface area contributed by atoms with Crippen LogP contribution in [-0.4, -0.2) is 37.4 Å². The molecule has 1 fully saturated rings. The van der Waals surface area contributed by atoms with Crippen molar-refractivity contribution < 1.29 is 4.74 Å². The third-order valence-corrected chi connectivity index (χ3v) is 6.87. The molecule has 5 rings (SSSR count). The van der Waals surface area contributed by atoms with Crippen LogP contribution in [0.5, 0.6) is 11.5 Å². The van der Waals surface area contributed by atoms with Gasteiger partial charge < -0.3 is 15.4 Å². The molecule has 8 nitrogen and oxygen atoms in total. The summed E-state index contributed by atoms with van der Waals surface area (Å²) >= 11 is 2.86. The van der Waals surface area contributed by atoms with Gasteiger partial charge in [-0.2, -0.15) is 4.37 Å². The second-order valence-corrected chi connectivity index (χ2v) is 9.40. The van der Waals surface area contributed by atoms with Gasteiger partial charge >= 0.3 is 0 Å². The lowest BCUT2D eigenvalue weighted by Crippen LogP contribution is -2.27. The molecule has 0 atom stereocenters. The van der Waals surface area contributed by atoms with Crippen molar-refractivity contribution in [2.24, 2.45) is 0 Å². The number of anilines is 2. The predicted molar refractivity (Wildman–Crippen MR) is 130 cm³/mol. The van der Waals surface area contributed by atoms with Crippen LogP contribution in [0.2, 0.25) is 0 Å². The van der Waals surface area contributed by atoms with Gasteiger partial charge in [-0.25, -0.2) is 15.0 Å². The molecule has 0 radical (unpaired) electrons. The van der Waals surface area contributed by atoms with E-state index in [0.29, 0.717) is 23.2 Å². The van der Waals surface area contributed by atoms with Gasteiger partial charge in [-0.3, -0.25) is 4.98 Å². The van der Waals surface area contributed by atoms with Crippen LogP contribution in [0.15, 0.2) is 64.9 Å². The van der Waals surface area contributed by atoms with Gasteiger partial charge in [0.15, 0.2) is 0 Å².